The minimum atomic E-state index is -4.48. The molecule has 86 valence electrons. The highest BCUT2D eigenvalue weighted by molar-refractivity contribution is 7.86. The van der Waals surface area contributed by atoms with Crippen molar-refractivity contribution in [1.29, 1.82) is 0 Å². The number of aromatic nitrogens is 2. The molecule has 5 nitrogen and oxygen atoms in total. The quantitative estimate of drug-likeness (QED) is 0.737. The van der Waals surface area contributed by atoms with Crippen molar-refractivity contribution in [2.24, 2.45) is 0 Å². The second-order valence-corrected chi connectivity index (χ2v) is 4.30. The highest BCUT2D eigenvalue weighted by Gasteiger charge is 2.30. The maximum atomic E-state index is 12.0. The Labute approximate surface area is 83.6 Å². The number of nitrogens with zero attached hydrogens (tertiary/aromatic N) is 2. The molecule has 0 fully saturated rings. The fourth-order valence-electron chi connectivity index (χ4n) is 0.835. The molecule has 0 aliphatic rings. The first-order chi connectivity index (χ1) is 6.67. The summed E-state index contributed by atoms with van der Waals surface area (Å²) in [7, 11) is -3.85. The van der Waals surface area contributed by atoms with Crippen molar-refractivity contribution in [2.45, 2.75) is 12.7 Å². The second-order valence-electron chi connectivity index (χ2n) is 2.73. The van der Waals surface area contributed by atoms with Gasteiger partial charge in [0.2, 0.25) is 5.88 Å². The number of halogens is 3. The van der Waals surface area contributed by atoms with Crippen LogP contribution in [-0.2, 0) is 16.7 Å². The summed E-state index contributed by atoms with van der Waals surface area (Å²) in [5.74, 6) is -0.463. The summed E-state index contributed by atoms with van der Waals surface area (Å²) >= 11 is 0. The van der Waals surface area contributed by atoms with E-state index >= 15 is 0 Å². The molecule has 0 aliphatic heterocycles. The van der Waals surface area contributed by atoms with Crippen LogP contribution in [0.2, 0.25) is 0 Å². The smallest absolute Gasteiger partial charge is 0.362 e. The lowest BCUT2D eigenvalue weighted by molar-refractivity contribution is -0.143. The minimum absolute atomic E-state index is 0.418. The molecule has 0 N–H and O–H groups in total. The SMILES string of the molecule is CS(=O)(=O)Oc1ccnn1CC(F)(F)F. The summed E-state index contributed by atoms with van der Waals surface area (Å²) in [6, 6.07) is 1.03. The summed E-state index contributed by atoms with van der Waals surface area (Å²) in [5.41, 5.74) is 0. The fourth-order valence-corrected chi connectivity index (χ4v) is 1.29. The van der Waals surface area contributed by atoms with Crippen molar-refractivity contribution < 1.29 is 25.8 Å². The Kier molecular flexibility index (Phi) is 2.93. The van der Waals surface area contributed by atoms with Gasteiger partial charge in [-0.05, 0) is 0 Å². The zero-order valence-electron chi connectivity index (χ0n) is 7.52. The summed E-state index contributed by atoms with van der Waals surface area (Å²) in [6.45, 7) is -1.40. The van der Waals surface area contributed by atoms with Crippen LogP contribution in [0.3, 0.4) is 0 Å². The Hall–Kier alpha value is -1.25. The molecule has 9 heteroatoms. The molecule has 1 aromatic heterocycles. The van der Waals surface area contributed by atoms with E-state index < -0.39 is 28.7 Å². The average Bonchev–Trinajstić information content (AvgIpc) is 2.29. The van der Waals surface area contributed by atoms with Crippen LogP contribution in [0.1, 0.15) is 0 Å². The van der Waals surface area contributed by atoms with Crippen LogP contribution in [-0.4, -0.2) is 30.6 Å². The first-order valence-electron chi connectivity index (χ1n) is 3.65. The number of hydrogen-bond donors (Lipinski definition) is 0. The van der Waals surface area contributed by atoms with Crippen LogP contribution < -0.4 is 4.18 Å². The van der Waals surface area contributed by atoms with Crippen LogP contribution in [0.5, 0.6) is 5.88 Å². The maximum absolute atomic E-state index is 12.0. The van der Waals surface area contributed by atoms with Gasteiger partial charge in [0.25, 0.3) is 0 Å². The predicted molar refractivity (Wildman–Crippen MR) is 43.8 cm³/mol. The molecule has 0 spiro atoms. The van der Waals surface area contributed by atoms with Gasteiger partial charge in [-0.3, -0.25) is 0 Å². The van der Waals surface area contributed by atoms with Crippen molar-refractivity contribution in [1.82, 2.24) is 9.78 Å². The third kappa shape index (κ3) is 4.19. The average molecular weight is 244 g/mol. The van der Waals surface area contributed by atoms with E-state index in [1.54, 1.807) is 0 Å². The normalized spacial score (nSPS) is 12.8. The van der Waals surface area contributed by atoms with E-state index in [1.165, 1.54) is 0 Å². The zero-order valence-corrected chi connectivity index (χ0v) is 8.34. The number of alkyl halides is 3. The van der Waals surface area contributed by atoms with E-state index in [-0.39, 0.29) is 0 Å². The molecule has 1 aromatic rings. The Morgan fingerprint density at radius 1 is 1.53 bits per heavy atom. The highest BCUT2D eigenvalue weighted by atomic mass is 32.2. The summed E-state index contributed by atoms with van der Waals surface area (Å²) in [5, 5.41) is 3.29. The van der Waals surface area contributed by atoms with E-state index in [0.29, 0.717) is 4.68 Å². The van der Waals surface area contributed by atoms with Gasteiger partial charge in [0, 0.05) is 6.07 Å². The zero-order chi connectivity index (χ0) is 11.7. The summed E-state index contributed by atoms with van der Waals surface area (Å²) in [4.78, 5) is 0. The molecular formula is C6H7F3N2O3S. The number of hydrogen-bond acceptors (Lipinski definition) is 4. The monoisotopic (exact) mass is 244 g/mol. The molecule has 0 bridgehead atoms. The lowest BCUT2D eigenvalue weighted by Crippen LogP contribution is -2.20. The molecule has 0 saturated heterocycles. The van der Waals surface area contributed by atoms with Gasteiger partial charge in [0.1, 0.15) is 6.54 Å². The molecule has 0 radical (unpaired) electrons. The van der Waals surface area contributed by atoms with Crippen molar-refractivity contribution in [3.63, 3.8) is 0 Å². The third-order valence-corrected chi connectivity index (χ3v) is 1.72. The molecule has 0 aromatic carbocycles. The molecular weight excluding hydrogens is 237 g/mol. The van der Waals surface area contributed by atoms with Crippen molar-refractivity contribution >= 4 is 10.1 Å². The molecule has 1 heterocycles. The van der Waals surface area contributed by atoms with Crippen LogP contribution >= 0.6 is 0 Å². The number of rotatable bonds is 3. The van der Waals surface area contributed by atoms with Gasteiger partial charge in [0.05, 0.1) is 12.5 Å². The molecule has 0 saturated carbocycles. The van der Waals surface area contributed by atoms with E-state index in [2.05, 4.69) is 9.28 Å². The molecule has 0 amide bonds. The summed E-state index contributed by atoms with van der Waals surface area (Å²) < 4.78 is 62.0. The Balaban J connectivity index is 2.88. The third-order valence-electron chi connectivity index (χ3n) is 1.24. The van der Waals surface area contributed by atoms with Gasteiger partial charge in [-0.15, -0.1) is 0 Å². The predicted octanol–water partition coefficient (Wildman–Crippen LogP) is 0.784. The molecule has 15 heavy (non-hydrogen) atoms. The van der Waals surface area contributed by atoms with E-state index in [4.69, 9.17) is 0 Å². The Bertz CT molecular complexity index is 437. The Morgan fingerprint density at radius 3 is 2.60 bits per heavy atom. The standard InChI is InChI=1S/C6H7F3N2O3S/c1-15(12,13)14-5-2-3-10-11(5)4-6(7,8)9/h2-3H,4H2,1H3. The first-order valence-corrected chi connectivity index (χ1v) is 5.47. The molecule has 0 aliphatic carbocycles. The van der Waals surface area contributed by atoms with Crippen molar-refractivity contribution in [2.75, 3.05) is 6.26 Å². The van der Waals surface area contributed by atoms with Crippen LogP contribution in [0.15, 0.2) is 12.3 Å². The fraction of sp³-hybridized carbons (Fsp3) is 0.500. The second kappa shape index (κ2) is 3.72. The largest absolute Gasteiger partial charge is 0.408 e. The van der Waals surface area contributed by atoms with Gasteiger partial charge < -0.3 is 4.18 Å². The molecule has 1 rings (SSSR count). The highest BCUT2D eigenvalue weighted by Crippen LogP contribution is 2.21. The van der Waals surface area contributed by atoms with Gasteiger partial charge in [-0.2, -0.15) is 26.7 Å². The molecule has 0 atom stereocenters. The van der Waals surface area contributed by atoms with Crippen LogP contribution in [0, 0.1) is 0 Å². The minimum Gasteiger partial charge on any atom is -0.362 e. The molecule has 0 unspecified atom stereocenters. The van der Waals surface area contributed by atoms with E-state index in [9.17, 15) is 21.6 Å². The Morgan fingerprint density at radius 2 is 2.13 bits per heavy atom. The first kappa shape index (κ1) is 11.8. The lowest BCUT2D eigenvalue weighted by atomic mass is 10.6. The topological polar surface area (TPSA) is 61.2 Å². The van der Waals surface area contributed by atoms with Crippen molar-refractivity contribution in [3.8, 4) is 5.88 Å². The van der Waals surface area contributed by atoms with Gasteiger partial charge >= 0.3 is 16.3 Å². The van der Waals surface area contributed by atoms with Crippen molar-refractivity contribution in [3.05, 3.63) is 12.3 Å². The summed E-state index contributed by atoms with van der Waals surface area (Å²) in [6.07, 6.45) is -2.73. The van der Waals surface area contributed by atoms with E-state index in [1.807, 2.05) is 0 Å². The van der Waals surface area contributed by atoms with Gasteiger partial charge in [0.15, 0.2) is 0 Å². The van der Waals surface area contributed by atoms with Gasteiger partial charge in [-0.1, -0.05) is 0 Å². The van der Waals surface area contributed by atoms with E-state index in [0.717, 1.165) is 18.5 Å². The lowest BCUT2D eigenvalue weighted by Gasteiger charge is -2.09. The van der Waals surface area contributed by atoms with Crippen LogP contribution in [0.4, 0.5) is 13.2 Å². The van der Waals surface area contributed by atoms with Crippen LogP contribution in [0.25, 0.3) is 0 Å². The maximum Gasteiger partial charge on any atom is 0.408 e. The van der Waals surface area contributed by atoms with Gasteiger partial charge in [-0.25, -0.2) is 4.68 Å².